The second-order valence-corrected chi connectivity index (χ2v) is 5.49. The van der Waals surface area contributed by atoms with Crippen LogP contribution in [-0.4, -0.2) is 21.8 Å². The van der Waals surface area contributed by atoms with Crippen LogP contribution in [0.25, 0.3) is 11.4 Å². The molecule has 5 heteroatoms. The van der Waals surface area contributed by atoms with Crippen molar-refractivity contribution in [2.24, 2.45) is 0 Å². The van der Waals surface area contributed by atoms with E-state index in [4.69, 9.17) is 16.3 Å². The van der Waals surface area contributed by atoms with Crippen LogP contribution in [0.3, 0.4) is 0 Å². The Kier molecular flexibility index (Phi) is 4.65. The van der Waals surface area contributed by atoms with Crippen molar-refractivity contribution in [1.29, 1.82) is 0 Å². The minimum atomic E-state index is -0.158. The van der Waals surface area contributed by atoms with E-state index in [1.54, 1.807) is 7.11 Å². The molecule has 0 amide bonds. The van der Waals surface area contributed by atoms with E-state index in [2.05, 4.69) is 4.98 Å². The molecule has 0 aliphatic rings. The van der Waals surface area contributed by atoms with Crippen LogP contribution in [-0.2, 0) is 13.2 Å². The van der Waals surface area contributed by atoms with E-state index in [0.717, 1.165) is 22.7 Å². The molecule has 3 rings (SSSR count). The fourth-order valence-corrected chi connectivity index (χ4v) is 2.75. The molecule has 0 radical (unpaired) electrons. The van der Waals surface area contributed by atoms with Gasteiger partial charge >= 0.3 is 0 Å². The van der Waals surface area contributed by atoms with E-state index < -0.39 is 0 Å². The van der Waals surface area contributed by atoms with Gasteiger partial charge in [0.1, 0.15) is 11.6 Å². The first-order valence-electron chi connectivity index (χ1n) is 7.27. The van der Waals surface area contributed by atoms with E-state index >= 15 is 0 Å². The Morgan fingerprint density at radius 2 is 1.78 bits per heavy atom. The molecule has 1 heterocycles. The maximum atomic E-state index is 9.65. The second kappa shape index (κ2) is 6.86. The summed E-state index contributed by atoms with van der Waals surface area (Å²) in [5.74, 6) is 1.51. The van der Waals surface area contributed by atoms with Crippen LogP contribution < -0.4 is 4.74 Å². The molecule has 1 N–H and O–H groups in total. The highest BCUT2D eigenvalue weighted by Gasteiger charge is 2.17. The van der Waals surface area contributed by atoms with Gasteiger partial charge in [-0.25, -0.2) is 4.98 Å². The largest absolute Gasteiger partial charge is 0.497 e. The topological polar surface area (TPSA) is 47.3 Å². The van der Waals surface area contributed by atoms with E-state index in [1.165, 1.54) is 0 Å². The van der Waals surface area contributed by atoms with Crippen LogP contribution in [0.1, 0.15) is 11.3 Å². The van der Waals surface area contributed by atoms with Crippen LogP contribution in [0.2, 0.25) is 5.15 Å². The van der Waals surface area contributed by atoms with Crippen LogP contribution in [0.4, 0.5) is 0 Å². The summed E-state index contributed by atoms with van der Waals surface area (Å²) in [6, 6.07) is 17.6. The van der Waals surface area contributed by atoms with E-state index in [-0.39, 0.29) is 6.61 Å². The van der Waals surface area contributed by atoms with Crippen LogP contribution in [0, 0.1) is 0 Å². The SMILES string of the molecule is COc1ccc(-c2nc(Cl)c(CO)n2Cc2ccccc2)cc1. The average molecular weight is 329 g/mol. The van der Waals surface area contributed by atoms with Gasteiger partial charge in [0.15, 0.2) is 5.15 Å². The molecule has 4 nitrogen and oxygen atoms in total. The number of ether oxygens (including phenoxy) is 1. The van der Waals surface area contributed by atoms with Gasteiger partial charge in [-0.1, -0.05) is 41.9 Å². The summed E-state index contributed by atoms with van der Waals surface area (Å²) < 4.78 is 7.13. The van der Waals surface area contributed by atoms with Gasteiger partial charge in [0.05, 0.1) is 19.4 Å². The maximum Gasteiger partial charge on any atom is 0.153 e. The number of aliphatic hydroxyl groups excluding tert-OH is 1. The van der Waals surface area contributed by atoms with Gasteiger partial charge < -0.3 is 14.4 Å². The third-order valence-corrected chi connectivity index (χ3v) is 4.01. The molecule has 118 valence electrons. The van der Waals surface area contributed by atoms with Crippen molar-refractivity contribution in [3.05, 3.63) is 71.0 Å². The molecule has 0 aliphatic heterocycles. The first kappa shape index (κ1) is 15.6. The summed E-state index contributed by atoms with van der Waals surface area (Å²) in [4.78, 5) is 4.43. The first-order valence-corrected chi connectivity index (χ1v) is 7.65. The Balaban J connectivity index is 2.05. The Morgan fingerprint density at radius 1 is 1.09 bits per heavy atom. The van der Waals surface area contributed by atoms with Crippen molar-refractivity contribution in [3.8, 4) is 17.1 Å². The quantitative estimate of drug-likeness (QED) is 0.776. The van der Waals surface area contributed by atoms with Crippen molar-refractivity contribution in [2.75, 3.05) is 7.11 Å². The molecule has 2 aromatic carbocycles. The molecule has 3 aromatic rings. The summed E-state index contributed by atoms with van der Waals surface area (Å²) in [6.45, 7) is 0.437. The monoisotopic (exact) mass is 328 g/mol. The van der Waals surface area contributed by atoms with Gasteiger partial charge in [0, 0.05) is 12.1 Å². The predicted molar refractivity (Wildman–Crippen MR) is 90.7 cm³/mol. The van der Waals surface area contributed by atoms with Crippen LogP contribution in [0.5, 0.6) is 5.75 Å². The number of aromatic nitrogens is 2. The van der Waals surface area contributed by atoms with Gasteiger partial charge in [-0.15, -0.1) is 0 Å². The Morgan fingerprint density at radius 3 is 2.39 bits per heavy atom. The molecule has 0 fully saturated rings. The molecular formula is C18H17ClN2O2. The van der Waals surface area contributed by atoms with Crippen LogP contribution >= 0.6 is 11.6 Å². The zero-order valence-corrected chi connectivity index (χ0v) is 13.5. The standard InChI is InChI=1S/C18H17ClN2O2/c1-23-15-9-7-14(8-10-15)18-20-17(19)16(12-22)21(18)11-13-5-3-2-4-6-13/h2-10,22H,11-12H2,1H3. The van der Waals surface area contributed by atoms with Gasteiger partial charge in [-0.3, -0.25) is 0 Å². The second-order valence-electron chi connectivity index (χ2n) is 5.13. The molecule has 1 aromatic heterocycles. The zero-order valence-electron chi connectivity index (χ0n) is 12.7. The molecular weight excluding hydrogens is 312 g/mol. The predicted octanol–water partition coefficient (Wildman–Crippen LogP) is 3.75. The smallest absolute Gasteiger partial charge is 0.153 e. The number of hydrogen-bond donors (Lipinski definition) is 1. The highest BCUT2D eigenvalue weighted by molar-refractivity contribution is 6.30. The lowest BCUT2D eigenvalue weighted by Gasteiger charge is -2.11. The summed E-state index contributed by atoms with van der Waals surface area (Å²) in [5, 5.41) is 9.98. The molecule has 23 heavy (non-hydrogen) atoms. The Bertz CT molecular complexity index is 783. The summed E-state index contributed by atoms with van der Waals surface area (Å²) in [6.07, 6.45) is 0. The number of imidazole rings is 1. The molecule has 0 saturated heterocycles. The first-order chi connectivity index (χ1) is 11.2. The Labute approximate surface area is 139 Å². The summed E-state index contributed by atoms with van der Waals surface area (Å²) >= 11 is 6.21. The van der Waals surface area contributed by atoms with Gasteiger partial charge in [0.2, 0.25) is 0 Å². The third kappa shape index (κ3) is 3.23. The molecule has 0 spiro atoms. The van der Waals surface area contributed by atoms with Crippen molar-refractivity contribution in [1.82, 2.24) is 9.55 Å². The zero-order chi connectivity index (χ0) is 16.2. The number of halogens is 1. The highest BCUT2D eigenvalue weighted by Crippen LogP contribution is 2.28. The van der Waals surface area contributed by atoms with E-state index in [1.807, 2.05) is 59.2 Å². The lowest BCUT2D eigenvalue weighted by molar-refractivity contribution is 0.272. The Hall–Kier alpha value is -2.30. The molecule has 0 atom stereocenters. The van der Waals surface area contributed by atoms with Gasteiger partial charge in [-0.05, 0) is 29.8 Å². The fourth-order valence-electron chi connectivity index (χ4n) is 2.50. The summed E-state index contributed by atoms with van der Waals surface area (Å²) in [7, 11) is 1.63. The van der Waals surface area contributed by atoms with Crippen molar-refractivity contribution in [3.63, 3.8) is 0 Å². The summed E-state index contributed by atoms with van der Waals surface area (Å²) in [5.41, 5.74) is 2.65. The van der Waals surface area contributed by atoms with Crippen molar-refractivity contribution in [2.45, 2.75) is 13.2 Å². The lowest BCUT2D eigenvalue weighted by Crippen LogP contribution is -2.06. The normalized spacial score (nSPS) is 10.7. The molecule has 0 saturated carbocycles. The minimum absolute atomic E-state index is 0.158. The average Bonchev–Trinajstić information content (AvgIpc) is 2.91. The maximum absolute atomic E-state index is 9.65. The number of nitrogens with zero attached hydrogens (tertiary/aromatic N) is 2. The third-order valence-electron chi connectivity index (χ3n) is 3.71. The van der Waals surface area contributed by atoms with Crippen LogP contribution in [0.15, 0.2) is 54.6 Å². The lowest BCUT2D eigenvalue weighted by atomic mass is 10.2. The highest BCUT2D eigenvalue weighted by atomic mass is 35.5. The fraction of sp³-hybridized carbons (Fsp3) is 0.167. The van der Waals surface area contributed by atoms with Crippen molar-refractivity contribution < 1.29 is 9.84 Å². The number of benzene rings is 2. The van der Waals surface area contributed by atoms with E-state index in [0.29, 0.717) is 17.4 Å². The number of methoxy groups -OCH3 is 1. The number of aliphatic hydroxyl groups is 1. The molecule has 0 bridgehead atoms. The van der Waals surface area contributed by atoms with Crippen molar-refractivity contribution >= 4 is 11.6 Å². The number of rotatable bonds is 5. The van der Waals surface area contributed by atoms with Gasteiger partial charge in [-0.2, -0.15) is 0 Å². The molecule has 0 unspecified atom stereocenters. The van der Waals surface area contributed by atoms with Gasteiger partial charge in [0.25, 0.3) is 0 Å². The van der Waals surface area contributed by atoms with E-state index in [9.17, 15) is 5.11 Å². The molecule has 0 aliphatic carbocycles. The minimum Gasteiger partial charge on any atom is -0.497 e. The number of hydrogen-bond acceptors (Lipinski definition) is 3.